The Labute approximate surface area is 183 Å². The van der Waals surface area contributed by atoms with Crippen molar-refractivity contribution < 1.29 is 9.53 Å². The van der Waals surface area contributed by atoms with Crippen LogP contribution >= 0.6 is 34.3 Å². The van der Waals surface area contributed by atoms with Gasteiger partial charge in [-0.3, -0.25) is 9.69 Å². The molecule has 1 fully saturated rings. The molecular weight excluding hydrogens is 428 g/mol. The number of hydrogen-bond acceptors (Lipinski definition) is 7. The quantitative estimate of drug-likeness (QED) is 0.617. The summed E-state index contributed by atoms with van der Waals surface area (Å²) >= 11 is 9.10. The Kier molecular flexibility index (Phi) is 6.36. The second kappa shape index (κ2) is 8.97. The molecule has 1 aromatic carbocycles. The van der Waals surface area contributed by atoms with Crippen molar-refractivity contribution in [3.05, 3.63) is 45.8 Å². The fourth-order valence-corrected chi connectivity index (χ4v) is 5.51. The number of aromatic nitrogens is 1. The predicted molar refractivity (Wildman–Crippen MR) is 121 cm³/mol. The van der Waals surface area contributed by atoms with Crippen LogP contribution in [0.1, 0.15) is 21.3 Å². The molecule has 0 saturated carbocycles. The van der Waals surface area contributed by atoms with Crippen LogP contribution in [0.25, 0.3) is 9.53 Å². The molecule has 29 heavy (non-hydrogen) atoms. The van der Waals surface area contributed by atoms with Crippen molar-refractivity contribution in [2.24, 2.45) is 0 Å². The van der Waals surface area contributed by atoms with Gasteiger partial charge >= 0.3 is 0 Å². The number of carbonyl (C=O) groups is 1. The highest BCUT2D eigenvalue weighted by Crippen LogP contribution is 2.34. The van der Waals surface area contributed by atoms with E-state index in [0.717, 1.165) is 33.3 Å². The normalized spacial score (nSPS) is 16.1. The molecule has 0 aliphatic carbocycles. The van der Waals surface area contributed by atoms with Gasteiger partial charge in [-0.05, 0) is 23.8 Å². The topological polar surface area (TPSA) is 57.7 Å². The largest absolute Gasteiger partial charge is 0.379 e. The number of nitrogens with zero attached hydrogens (tertiary/aromatic N) is 3. The molecule has 1 atom stereocenters. The number of rotatable bonds is 6. The first-order valence-corrected chi connectivity index (χ1v) is 11.5. The fourth-order valence-electron chi connectivity index (χ4n) is 3.34. The first-order chi connectivity index (χ1) is 14.0. The van der Waals surface area contributed by atoms with Crippen LogP contribution in [0.15, 0.2) is 30.3 Å². The van der Waals surface area contributed by atoms with Crippen LogP contribution in [0.3, 0.4) is 0 Å². The molecule has 0 radical (unpaired) electrons. The SMILES string of the molecule is CN(C)c1nc2sc(C(=O)NCC(c3ccc(Cl)cc3)N3CCOCC3)cc2s1. The third-order valence-electron chi connectivity index (χ3n) is 4.88. The molecule has 0 spiro atoms. The molecule has 6 nitrogen and oxygen atoms in total. The molecule has 2 aromatic heterocycles. The minimum absolute atomic E-state index is 0.0566. The number of hydrogen-bond donors (Lipinski definition) is 1. The third kappa shape index (κ3) is 4.73. The van der Waals surface area contributed by atoms with E-state index in [1.165, 1.54) is 11.3 Å². The molecule has 154 valence electrons. The van der Waals surface area contributed by atoms with Crippen LogP contribution < -0.4 is 10.2 Å². The van der Waals surface area contributed by atoms with Gasteiger partial charge in [0.1, 0.15) is 4.83 Å². The zero-order chi connectivity index (χ0) is 20.4. The van der Waals surface area contributed by atoms with Gasteiger partial charge in [-0.1, -0.05) is 35.1 Å². The lowest BCUT2D eigenvalue weighted by molar-refractivity contribution is 0.0162. The number of fused-ring (bicyclic) bond motifs is 1. The Bertz CT molecular complexity index is 949. The standard InChI is InChI=1S/C20H23ClN4O2S2/c1-24(2)20-23-19-17(29-20)11-16(28-19)18(26)22-12-15(25-7-9-27-10-8-25)13-3-5-14(21)6-4-13/h3-6,11,15H,7-10,12H2,1-2H3,(H,22,26). The summed E-state index contributed by atoms with van der Waals surface area (Å²) in [6.07, 6.45) is 0. The number of thiazole rings is 1. The lowest BCUT2D eigenvalue weighted by Gasteiger charge is -2.35. The Balaban J connectivity index is 1.48. The highest BCUT2D eigenvalue weighted by molar-refractivity contribution is 7.29. The average molecular weight is 451 g/mol. The lowest BCUT2D eigenvalue weighted by Crippen LogP contribution is -2.43. The van der Waals surface area contributed by atoms with Crippen molar-refractivity contribution >= 4 is 54.8 Å². The van der Waals surface area contributed by atoms with Crippen LogP contribution in [0.5, 0.6) is 0 Å². The van der Waals surface area contributed by atoms with Crippen molar-refractivity contribution in [1.82, 2.24) is 15.2 Å². The van der Waals surface area contributed by atoms with Crippen LogP contribution in [0.4, 0.5) is 5.13 Å². The fraction of sp³-hybridized carbons (Fsp3) is 0.400. The van der Waals surface area contributed by atoms with E-state index in [1.807, 2.05) is 49.3 Å². The summed E-state index contributed by atoms with van der Waals surface area (Å²) in [6, 6.07) is 9.87. The second-order valence-corrected chi connectivity index (χ2v) is 9.57. The summed E-state index contributed by atoms with van der Waals surface area (Å²) in [5, 5.41) is 4.78. The Morgan fingerprint density at radius 3 is 2.66 bits per heavy atom. The summed E-state index contributed by atoms with van der Waals surface area (Å²) in [5.74, 6) is -0.0566. The molecule has 1 aliphatic heterocycles. The summed E-state index contributed by atoms with van der Waals surface area (Å²) < 4.78 is 6.54. The first-order valence-electron chi connectivity index (χ1n) is 9.44. The van der Waals surface area contributed by atoms with E-state index in [0.29, 0.717) is 29.7 Å². The van der Waals surface area contributed by atoms with E-state index in [-0.39, 0.29) is 11.9 Å². The zero-order valence-corrected chi connectivity index (χ0v) is 18.7. The Hall–Kier alpha value is -1.71. The monoisotopic (exact) mass is 450 g/mol. The maximum absolute atomic E-state index is 12.8. The molecule has 9 heteroatoms. The first kappa shape index (κ1) is 20.6. The number of carbonyl (C=O) groups excluding carboxylic acids is 1. The number of nitrogens with one attached hydrogen (secondary N) is 1. The molecule has 4 rings (SSSR count). The highest BCUT2D eigenvalue weighted by atomic mass is 35.5. The number of benzene rings is 1. The molecule has 1 N–H and O–H groups in total. The molecule has 1 saturated heterocycles. The molecule has 1 amide bonds. The van der Waals surface area contributed by atoms with Crippen LogP contribution in [0.2, 0.25) is 5.02 Å². The number of thiophene rings is 1. The van der Waals surface area contributed by atoms with Gasteiger partial charge in [0.25, 0.3) is 5.91 Å². The van der Waals surface area contributed by atoms with Crippen molar-refractivity contribution in [2.75, 3.05) is 51.8 Å². The van der Waals surface area contributed by atoms with Crippen molar-refractivity contribution in [1.29, 1.82) is 0 Å². The maximum atomic E-state index is 12.8. The molecular formula is C20H23ClN4O2S2. The third-order valence-corrected chi connectivity index (χ3v) is 7.46. The van der Waals surface area contributed by atoms with Gasteiger partial charge in [0.15, 0.2) is 5.13 Å². The number of anilines is 1. The molecule has 3 heterocycles. The number of morpholine rings is 1. The van der Waals surface area contributed by atoms with E-state index in [1.54, 1.807) is 11.3 Å². The van der Waals surface area contributed by atoms with Crippen LogP contribution in [-0.4, -0.2) is 62.7 Å². The van der Waals surface area contributed by atoms with Gasteiger partial charge in [-0.25, -0.2) is 4.98 Å². The van der Waals surface area contributed by atoms with Gasteiger partial charge in [-0.2, -0.15) is 0 Å². The van der Waals surface area contributed by atoms with E-state index in [2.05, 4.69) is 15.2 Å². The van der Waals surface area contributed by atoms with Crippen molar-refractivity contribution in [2.45, 2.75) is 6.04 Å². The lowest BCUT2D eigenvalue weighted by atomic mass is 10.0. The van der Waals surface area contributed by atoms with E-state index < -0.39 is 0 Å². The van der Waals surface area contributed by atoms with Crippen LogP contribution in [-0.2, 0) is 4.74 Å². The van der Waals surface area contributed by atoms with Gasteiger partial charge in [0, 0.05) is 38.8 Å². The van der Waals surface area contributed by atoms with Gasteiger partial charge < -0.3 is 15.0 Å². The van der Waals surface area contributed by atoms with E-state index in [4.69, 9.17) is 16.3 Å². The Morgan fingerprint density at radius 1 is 1.28 bits per heavy atom. The Morgan fingerprint density at radius 2 is 2.00 bits per heavy atom. The molecule has 0 bridgehead atoms. The van der Waals surface area contributed by atoms with Crippen molar-refractivity contribution in [3.63, 3.8) is 0 Å². The molecule has 1 aliphatic rings. The summed E-state index contributed by atoms with van der Waals surface area (Å²) in [7, 11) is 3.94. The highest BCUT2D eigenvalue weighted by Gasteiger charge is 2.24. The van der Waals surface area contributed by atoms with Gasteiger partial charge in [0.05, 0.1) is 28.8 Å². The van der Waals surface area contributed by atoms with E-state index >= 15 is 0 Å². The van der Waals surface area contributed by atoms with Crippen LogP contribution in [0, 0.1) is 0 Å². The van der Waals surface area contributed by atoms with Crippen molar-refractivity contribution in [3.8, 4) is 0 Å². The second-order valence-electron chi connectivity index (χ2n) is 7.10. The zero-order valence-electron chi connectivity index (χ0n) is 16.4. The minimum Gasteiger partial charge on any atom is -0.379 e. The predicted octanol–water partition coefficient (Wildman–Crippen LogP) is 3.88. The minimum atomic E-state index is -0.0566. The molecule has 1 unspecified atom stereocenters. The van der Waals surface area contributed by atoms with E-state index in [9.17, 15) is 4.79 Å². The molecule has 3 aromatic rings. The summed E-state index contributed by atoms with van der Waals surface area (Å²) in [6.45, 7) is 3.63. The number of ether oxygens (including phenoxy) is 1. The summed E-state index contributed by atoms with van der Waals surface area (Å²) in [5.41, 5.74) is 1.14. The number of amides is 1. The number of halogens is 1. The van der Waals surface area contributed by atoms with Gasteiger partial charge in [-0.15, -0.1) is 11.3 Å². The maximum Gasteiger partial charge on any atom is 0.261 e. The average Bonchev–Trinajstić information content (AvgIpc) is 3.30. The smallest absolute Gasteiger partial charge is 0.261 e. The van der Waals surface area contributed by atoms with Gasteiger partial charge in [0.2, 0.25) is 0 Å². The summed E-state index contributed by atoms with van der Waals surface area (Å²) in [4.78, 5) is 23.3.